The van der Waals surface area contributed by atoms with Crippen LogP contribution in [0.25, 0.3) is 11.0 Å². The van der Waals surface area contributed by atoms with Gasteiger partial charge in [0.25, 0.3) is 11.8 Å². The first-order valence-corrected chi connectivity index (χ1v) is 11.7. The smallest absolute Gasteiger partial charge is 0.255 e. The summed E-state index contributed by atoms with van der Waals surface area (Å²) in [6, 6.07) is 19.9. The molecule has 35 heavy (non-hydrogen) atoms. The number of ether oxygens (including phenoxy) is 1. The van der Waals surface area contributed by atoms with Crippen LogP contribution in [0.3, 0.4) is 0 Å². The van der Waals surface area contributed by atoms with Crippen molar-refractivity contribution in [1.29, 1.82) is 0 Å². The quantitative estimate of drug-likeness (QED) is 0.371. The molecule has 4 aromatic rings. The maximum atomic E-state index is 13.5. The normalized spacial score (nSPS) is 19.3. The van der Waals surface area contributed by atoms with Crippen LogP contribution in [0.15, 0.2) is 92.7 Å². The summed E-state index contributed by atoms with van der Waals surface area (Å²) < 4.78 is 11.8. The molecule has 1 aliphatic heterocycles. The molecule has 2 amide bonds. The van der Waals surface area contributed by atoms with Crippen molar-refractivity contribution >= 4 is 44.4 Å². The van der Waals surface area contributed by atoms with Crippen molar-refractivity contribution < 1.29 is 18.7 Å². The predicted octanol–water partition coefficient (Wildman–Crippen LogP) is 4.84. The van der Waals surface area contributed by atoms with E-state index in [2.05, 4.69) is 21.2 Å². The third kappa shape index (κ3) is 3.80. The molecule has 0 bridgehead atoms. The van der Waals surface area contributed by atoms with Gasteiger partial charge in [-0.05, 0) is 67.6 Å². The number of fused-ring (bicyclic) bond motifs is 1. The Morgan fingerprint density at radius 3 is 2.40 bits per heavy atom. The van der Waals surface area contributed by atoms with Gasteiger partial charge in [-0.1, -0.05) is 28.1 Å². The van der Waals surface area contributed by atoms with Crippen molar-refractivity contribution in [1.82, 2.24) is 5.32 Å². The average molecular weight is 533 g/mol. The monoisotopic (exact) mass is 532 g/mol. The molecule has 2 heterocycles. The molecule has 2 atom stereocenters. The maximum absolute atomic E-state index is 13.5. The molecule has 1 saturated heterocycles. The summed E-state index contributed by atoms with van der Waals surface area (Å²) in [7, 11) is 1.54. The molecule has 8 heteroatoms. The number of halogens is 1. The molecule has 1 fully saturated rings. The summed E-state index contributed by atoms with van der Waals surface area (Å²) in [5.74, 6) is -0.158. The summed E-state index contributed by atoms with van der Waals surface area (Å²) in [5.41, 5.74) is 0.0747. The maximum Gasteiger partial charge on any atom is 0.255 e. The van der Waals surface area contributed by atoms with E-state index in [-0.39, 0.29) is 16.9 Å². The molecule has 176 valence electrons. The fourth-order valence-electron chi connectivity index (χ4n) is 4.45. The lowest BCUT2D eigenvalue weighted by Crippen LogP contribution is -2.75. The number of amides is 2. The van der Waals surface area contributed by atoms with Crippen LogP contribution in [0.5, 0.6) is 5.75 Å². The van der Waals surface area contributed by atoms with Gasteiger partial charge in [-0.3, -0.25) is 19.3 Å². The topological polar surface area (TPSA) is 88.8 Å². The molecule has 0 aliphatic carbocycles. The van der Waals surface area contributed by atoms with Gasteiger partial charge in [0.2, 0.25) is 0 Å². The summed E-state index contributed by atoms with van der Waals surface area (Å²) in [4.78, 5) is 41.7. The van der Waals surface area contributed by atoms with E-state index in [1.54, 1.807) is 74.7 Å². The van der Waals surface area contributed by atoms with Gasteiger partial charge < -0.3 is 14.5 Å². The molecule has 1 aromatic heterocycles. The molecular formula is C27H21BrN2O5. The highest BCUT2D eigenvalue weighted by Crippen LogP contribution is 2.46. The summed E-state index contributed by atoms with van der Waals surface area (Å²) in [6.07, 6.45) is 1.38. The van der Waals surface area contributed by atoms with Gasteiger partial charge in [-0.25, -0.2) is 0 Å². The number of rotatable bonds is 5. The SMILES string of the molecule is COc1ccc(C(=O)NC2(C)C(=O)N(c3ccc(Br)cc3)C2c2coc3ccccc3c2=O)cc1. The number of hydrogen-bond donors (Lipinski definition) is 1. The van der Waals surface area contributed by atoms with Crippen LogP contribution in [0.1, 0.15) is 28.9 Å². The largest absolute Gasteiger partial charge is 0.497 e. The minimum atomic E-state index is -1.37. The third-order valence-corrected chi connectivity index (χ3v) is 6.83. The first kappa shape index (κ1) is 22.9. The third-order valence-electron chi connectivity index (χ3n) is 6.30. The minimum Gasteiger partial charge on any atom is -0.497 e. The molecule has 3 aromatic carbocycles. The predicted molar refractivity (Wildman–Crippen MR) is 136 cm³/mol. The van der Waals surface area contributed by atoms with Gasteiger partial charge in [0.05, 0.1) is 18.1 Å². The van der Waals surface area contributed by atoms with Gasteiger partial charge in [0, 0.05) is 15.7 Å². The van der Waals surface area contributed by atoms with Crippen LogP contribution in [0.4, 0.5) is 5.69 Å². The fourth-order valence-corrected chi connectivity index (χ4v) is 4.71. The number of para-hydroxylation sites is 1. The average Bonchev–Trinajstić information content (AvgIpc) is 2.88. The Labute approximate surface area is 209 Å². The zero-order chi connectivity index (χ0) is 24.7. The number of benzene rings is 3. The molecule has 7 nitrogen and oxygen atoms in total. The lowest BCUT2D eigenvalue weighted by atomic mass is 9.75. The lowest BCUT2D eigenvalue weighted by Gasteiger charge is -2.54. The highest BCUT2D eigenvalue weighted by Gasteiger charge is 2.60. The van der Waals surface area contributed by atoms with E-state index in [1.807, 2.05) is 12.1 Å². The van der Waals surface area contributed by atoms with Crippen molar-refractivity contribution in [3.63, 3.8) is 0 Å². The molecule has 5 rings (SSSR count). The van der Waals surface area contributed by atoms with E-state index in [9.17, 15) is 14.4 Å². The molecule has 0 spiro atoms. The van der Waals surface area contributed by atoms with E-state index in [4.69, 9.17) is 9.15 Å². The van der Waals surface area contributed by atoms with Crippen LogP contribution in [0, 0.1) is 0 Å². The number of carbonyl (C=O) groups excluding carboxylic acids is 2. The van der Waals surface area contributed by atoms with E-state index in [1.165, 1.54) is 11.2 Å². The zero-order valence-corrected chi connectivity index (χ0v) is 20.5. The van der Waals surface area contributed by atoms with E-state index in [0.717, 1.165) is 4.47 Å². The summed E-state index contributed by atoms with van der Waals surface area (Å²) >= 11 is 3.41. The standard InChI is InChI=1S/C27H21BrN2O5/c1-27(29-25(32)16-7-13-19(34-2)14-8-16)24(30(26(27)33)18-11-9-17(28)10-12-18)21-15-35-22-6-4-3-5-20(22)23(21)31/h3-15,24H,1-2H3,(H,29,32). The first-order valence-electron chi connectivity index (χ1n) is 10.9. The fraction of sp³-hybridized carbons (Fsp3) is 0.148. The highest BCUT2D eigenvalue weighted by molar-refractivity contribution is 9.10. The molecule has 1 aliphatic rings. The molecule has 0 radical (unpaired) electrons. The second-order valence-electron chi connectivity index (χ2n) is 8.46. The van der Waals surface area contributed by atoms with Gasteiger partial charge in [0.1, 0.15) is 29.2 Å². The number of nitrogens with zero attached hydrogens (tertiary/aromatic N) is 1. The van der Waals surface area contributed by atoms with Crippen molar-refractivity contribution in [2.75, 3.05) is 12.0 Å². The van der Waals surface area contributed by atoms with Gasteiger partial charge in [-0.2, -0.15) is 0 Å². The Hall–Kier alpha value is -3.91. The zero-order valence-electron chi connectivity index (χ0n) is 18.9. The van der Waals surface area contributed by atoms with Crippen LogP contribution < -0.4 is 20.4 Å². The minimum absolute atomic E-state index is 0.253. The van der Waals surface area contributed by atoms with E-state index < -0.39 is 17.5 Å². The summed E-state index contributed by atoms with van der Waals surface area (Å²) in [6.45, 7) is 1.63. The first-order chi connectivity index (χ1) is 16.8. The highest BCUT2D eigenvalue weighted by atomic mass is 79.9. The summed E-state index contributed by atoms with van der Waals surface area (Å²) in [5, 5.41) is 3.28. The second-order valence-corrected chi connectivity index (χ2v) is 9.37. The van der Waals surface area contributed by atoms with Crippen molar-refractivity contribution in [3.05, 3.63) is 105 Å². The Bertz CT molecular complexity index is 1500. The van der Waals surface area contributed by atoms with Crippen molar-refractivity contribution in [2.45, 2.75) is 18.5 Å². The number of nitrogens with one attached hydrogen (secondary N) is 1. The number of anilines is 1. The number of hydrogen-bond acceptors (Lipinski definition) is 5. The second kappa shape index (κ2) is 8.70. The molecule has 0 saturated carbocycles. The number of carbonyl (C=O) groups is 2. The van der Waals surface area contributed by atoms with Gasteiger partial charge in [0.15, 0.2) is 5.43 Å². The lowest BCUT2D eigenvalue weighted by molar-refractivity contribution is -0.133. The van der Waals surface area contributed by atoms with Crippen LogP contribution in [0.2, 0.25) is 0 Å². The molecular weight excluding hydrogens is 512 g/mol. The molecule has 2 unspecified atom stereocenters. The van der Waals surface area contributed by atoms with E-state index >= 15 is 0 Å². The number of β-lactam (4-membered cyclic amide) rings is 1. The number of methoxy groups -OCH3 is 1. The Morgan fingerprint density at radius 2 is 1.71 bits per heavy atom. The van der Waals surface area contributed by atoms with Crippen LogP contribution in [-0.4, -0.2) is 24.5 Å². The molecule has 1 N–H and O–H groups in total. The van der Waals surface area contributed by atoms with Crippen molar-refractivity contribution in [2.24, 2.45) is 0 Å². The Morgan fingerprint density at radius 1 is 1.03 bits per heavy atom. The van der Waals surface area contributed by atoms with Gasteiger partial charge >= 0.3 is 0 Å². The van der Waals surface area contributed by atoms with Crippen molar-refractivity contribution in [3.8, 4) is 5.75 Å². The van der Waals surface area contributed by atoms with Gasteiger partial charge in [-0.15, -0.1) is 0 Å². The Kier molecular flexibility index (Phi) is 5.68. The van der Waals surface area contributed by atoms with Crippen LogP contribution in [-0.2, 0) is 4.79 Å². The van der Waals surface area contributed by atoms with Crippen LogP contribution >= 0.6 is 15.9 Å². The van der Waals surface area contributed by atoms with E-state index in [0.29, 0.717) is 28.0 Å². The Balaban J connectivity index is 1.58.